The summed E-state index contributed by atoms with van der Waals surface area (Å²) in [6, 6.07) is 9.68. The van der Waals surface area contributed by atoms with Crippen molar-refractivity contribution < 1.29 is 13.2 Å². The van der Waals surface area contributed by atoms with Crippen LogP contribution in [-0.4, -0.2) is 50.5 Å². The van der Waals surface area contributed by atoms with Crippen LogP contribution in [0.2, 0.25) is 0 Å². The van der Waals surface area contributed by atoms with Crippen LogP contribution in [0.3, 0.4) is 0 Å². The molecule has 128 valence electrons. The molecule has 2 atom stereocenters. The van der Waals surface area contributed by atoms with Gasteiger partial charge in [-0.3, -0.25) is 0 Å². The number of rotatable bonds is 7. The van der Waals surface area contributed by atoms with Crippen LogP contribution < -0.4 is 5.32 Å². The van der Waals surface area contributed by atoms with Crippen LogP contribution in [0.1, 0.15) is 25.3 Å². The highest BCUT2D eigenvalue weighted by molar-refractivity contribution is 7.90. The fourth-order valence-electron chi connectivity index (χ4n) is 2.71. The molecule has 2 amide bonds. The van der Waals surface area contributed by atoms with Crippen molar-refractivity contribution in [3.8, 4) is 0 Å². The number of hydrogen-bond donors (Lipinski definition) is 1. The predicted octanol–water partition coefficient (Wildman–Crippen LogP) is 2.08. The molecule has 0 unspecified atom stereocenters. The zero-order valence-electron chi connectivity index (χ0n) is 14.0. The summed E-state index contributed by atoms with van der Waals surface area (Å²) in [5, 5.41) is 3.09. The monoisotopic (exact) mass is 338 g/mol. The largest absolute Gasteiger partial charge is 0.335 e. The van der Waals surface area contributed by atoms with Gasteiger partial charge in [0.1, 0.15) is 9.84 Å². The Kier molecular flexibility index (Phi) is 5.68. The highest BCUT2D eigenvalue weighted by Gasteiger charge is 2.33. The van der Waals surface area contributed by atoms with Gasteiger partial charge in [0, 0.05) is 25.4 Å². The first kappa shape index (κ1) is 17.8. The van der Waals surface area contributed by atoms with E-state index in [0.29, 0.717) is 5.92 Å². The summed E-state index contributed by atoms with van der Waals surface area (Å²) in [4.78, 5) is 13.9. The predicted molar refractivity (Wildman–Crippen MR) is 92.1 cm³/mol. The van der Waals surface area contributed by atoms with Crippen molar-refractivity contribution in [1.29, 1.82) is 0 Å². The third kappa shape index (κ3) is 5.86. The number of nitrogens with zero attached hydrogens (tertiary/aromatic N) is 1. The molecule has 0 saturated heterocycles. The van der Waals surface area contributed by atoms with Gasteiger partial charge in [-0.1, -0.05) is 30.3 Å². The van der Waals surface area contributed by atoms with Crippen molar-refractivity contribution in [3.05, 3.63) is 35.9 Å². The minimum atomic E-state index is -3.10. The van der Waals surface area contributed by atoms with E-state index in [1.807, 2.05) is 18.2 Å². The second-order valence-electron chi connectivity index (χ2n) is 6.64. The normalized spacial score (nSPS) is 17.3. The Morgan fingerprint density at radius 3 is 2.43 bits per heavy atom. The Morgan fingerprint density at radius 1 is 1.30 bits per heavy atom. The van der Waals surface area contributed by atoms with Crippen LogP contribution in [0, 0.1) is 5.92 Å². The van der Waals surface area contributed by atoms with E-state index in [2.05, 4.69) is 17.4 Å². The van der Waals surface area contributed by atoms with Crippen LogP contribution in [0.25, 0.3) is 0 Å². The van der Waals surface area contributed by atoms with E-state index in [9.17, 15) is 13.2 Å². The van der Waals surface area contributed by atoms with Crippen LogP contribution in [0.5, 0.6) is 0 Å². The Hall–Kier alpha value is -1.56. The number of carbonyl (C=O) groups is 1. The molecule has 23 heavy (non-hydrogen) atoms. The third-order valence-corrected chi connectivity index (χ3v) is 5.41. The highest BCUT2D eigenvalue weighted by Crippen LogP contribution is 2.34. The standard InChI is InChI=1S/C17H26N2O3S/c1-13(12-23(3,21)22)19(2)17(20)18-16(15-9-10-15)11-14-7-5-4-6-8-14/h4-8,13,15-16H,9-12H2,1-3H3,(H,18,20)/t13-,16-/m0/s1. The molecule has 2 rings (SSSR count). The zero-order valence-corrected chi connectivity index (χ0v) is 14.8. The zero-order chi connectivity index (χ0) is 17.0. The number of amides is 2. The van der Waals surface area contributed by atoms with Crippen molar-refractivity contribution >= 4 is 15.9 Å². The van der Waals surface area contributed by atoms with Crippen molar-refractivity contribution in [2.75, 3.05) is 19.1 Å². The van der Waals surface area contributed by atoms with Gasteiger partial charge in [0.25, 0.3) is 0 Å². The molecule has 0 aromatic heterocycles. The molecule has 5 nitrogen and oxygen atoms in total. The second kappa shape index (κ2) is 7.34. The summed E-state index contributed by atoms with van der Waals surface area (Å²) in [6.45, 7) is 1.75. The number of benzene rings is 1. The molecule has 0 spiro atoms. The Labute approximate surface area is 139 Å². The van der Waals surface area contributed by atoms with Crippen LogP contribution in [0.4, 0.5) is 4.79 Å². The maximum Gasteiger partial charge on any atom is 0.317 e. The van der Waals surface area contributed by atoms with Gasteiger partial charge in [0.05, 0.1) is 5.75 Å². The maximum atomic E-state index is 12.4. The van der Waals surface area contributed by atoms with Gasteiger partial charge in [-0.25, -0.2) is 13.2 Å². The van der Waals surface area contributed by atoms with Gasteiger partial charge in [-0.05, 0) is 37.7 Å². The number of urea groups is 1. The lowest BCUT2D eigenvalue weighted by atomic mass is 10.0. The van der Waals surface area contributed by atoms with Crippen LogP contribution in [-0.2, 0) is 16.3 Å². The van der Waals surface area contributed by atoms with Crippen molar-refractivity contribution in [3.63, 3.8) is 0 Å². The lowest BCUT2D eigenvalue weighted by Crippen LogP contribution is -2.49. The Bertz CT molecular complexity index is 626. The average molecular weight is 338 g/mol. The number of hydrogen-bond acceptors (Lipinski definition) is 3. The summed E-state index contributed by atoms with van der Waals surface area (Å²) in [7, 11) is -1.45. The van der Waals surface area contributed by atoms with Gasteiger partial charge < -0.3 is 10.2 Å². The van der Waals surface area contributed by atoms with Gasteiger partial charge in [0.2, 0.25) is 0 Å². The summed E-state index contributed by atoms with van der Waals surface area (Å²) in [5.41, 5.74) is 1.21. The van der Waals surface area contributed by atoms with Crippen molar-refractivity contribution in [1.82, 2.24) is 10.2 Å². The van der Waals surface area contributed by atoms with E-state index in [-0.39, 0.29) is 23.9 Å². The summed E-state index contributed by atoms with van der Waals surface area (Å²) in [5.74, 6) is 0.502. The third-order valence-electron chi connectivity index (χ3n) is 4.32. The molecule has 6 heteroatoms. The molecule has 1 N–H and O–H groups in total. The molecule has 1 aromatic rings. The number of carbonyl (C=O) groups excluding carboxylic acids is 1. The molecule has 1 aromatic carbocycles. The Balaban J connectivity index is 1.95. The van der Waals surface area contributed by atoms with E-state index in [0.717, 1.165) is 19.3 Å². The van der Waals surface area contributed by atoms with E-state index in [1.165, 1.54) is 16.7 Å². The van der Waals surface area contributed by atoms with E-state index >= 15 is 0 Å². The molecule has 1 saturated carbocycles. The minimum absolute atomic E-state index is 0.0241. The first-order chi connectivity index (χ1) is 10.8. The second-order valence-corrected chi connectivity index (χ2v) is 8.82. The molecule has 0 bridgehead atoms. The summed E-state index contributed by atoms with van der Waals surface area (Å²) >= 11 is 0. The van der Waals surface area contributed by atoms with Crippen LogP contribution >= 0.6 is 0 Å². The highest BCUT2D eigenvalue weighted by atomic mass is 32.2. The molecule has 1 fully saturated rings. The molecule has 0 aliphatic heterocycles. The quantitative estimate of drug-likeness (QED) is 0.828. The Morgan fingerprint density at radius 2 is 1.91 bits per heavy atom. The molecule has 0 radical (unpaired) electrons. The summed E-state index contributed by atoms with van der Waals surface area (Å²) in [6.07, 6.45) is 4.28. The molecule has 1 aliphatic rings. The first-order valence-corrected chi connectivity index (χ1v) is 10.1. The van der Waals surface area contributed by atoms with Gasteiger partial charge in [-0.2, -0.15) is 0 Å². The van der Waals surface area contributed by atoms with Gasteiger partial charge in [0.15, 0.2) is 0 Å². The van der Waals surface area contributed by atoms with E-state index < -0.39 is 9.84 Å². The molecular formula is C17H26N2O3S. The van der Waals surface area contributed by atoms with Gasteiger partial charge >= 0.3 is 6.03 Å². The molecule has 1 aliphatic carbocycles. The van der Waals surface area contributed by atoms with Gasteiger partial charge in [-0.15, -0.1) is 0 Å². The lowest BCUT2D eigenvalue weighted by Gasteiger charge is -2.28. The smallest absolute Gasteiger partial charge is 0.317 e. The number of nitrogens with one attached hydrogen (secondary N) is 1. The number of sulfone groups is 1. The molecule has 0 heterocycles. The van der Waals surface area contributed by atoms with E-state index in [4.69, 9.17) is 0 Å². The van der Waals surface area contributed by atoms with E-state index in [1.54, 1.807) is 14.0 Å². The summed E-state index contributed by atoms with van der Waals surface area (Å²) < 4.78 is 22.8. The van der Waals surface area contributed by atoms with Crippen molar-refractivity contribution in [2.45, 2.75) is 38.3 Å². The lowest BCUT2D eigenvalue weighted by molar-refractivity contribution is 0.192. The fraction of sp³-hybridized carbons (Fsp3) is 0.588. The van der Waals surface area contributed by atoms with Crippen molar-refractivity contribution in [2.24, 2.45) is 5.92 Å². The average Bonchev–Trinajstić information content (AvgIpc) is 3.29. The molecular weight excluding hydrogens is 312 g/mol. The maximum absolute atomic E-state index is 12.4. The first-order valence-electron chi connectivity index (χ1n) is 8.01. The fourth-order valence-corrected chi connectivity index (χ4v) is 3.81. The minimum Gasteiger partial charge on any atom is -0.335 e. The SMILES string of the molecule is C[C@@H](CS(C)(=O)=O)N(C)C(=O)N[C@@H](Cc1ccccc1)C1CC1. The van der Waals surface area contributed by atoms with Crippen LogP contribution in [0.15, 0.2) is 30.3 Å². The topological polar surface area (TPSA) is 66.5 Å².